The van der Waals surface area contributed by atoms with E-state index in [1.165, 1.54) is 44.9 Å². The summed E-state index contributed by atoms with van der Waals surface area (Å²) in [6.45, 7) is 0. The first-order valence-corrected chi connectivity index (χ1v) is 8.34. The quantitative estimate of drug-likeness (QED) is 0.710. The molecular weight excluding hydrogens is 311 g/mol. The number of hydrogen-bond donors (Lipinski definition) is 2. The normalized spacial score (nSPS) is 17.1. The van der Waals surface area contributed by atoms with Crippen LogP contribution in [0.2, 0.25) is 10.0 Å². The maximum atomic E-state index is 5.99. The van der Waals surface area contributed by atoms with Crippen LogP contribution in [-0.4, -0.2) is 11.2 Å². The van der Waals surface area contributed by atoms with Crippen LogP contribution in [0.3, 0.4) is 0 Å². The highest BCUT2D eigenvalue weighted by Gasteiger charge is 2.12. The van der Waals surface area contributed by atoms with Crippen LogP contribution < -0.4 is 10.6 Å². The minimum absolute atomic E-state index is 0.484. The van der Waals surface area contributed by atoms with E-state index in [4.69, 9.17) is 35.4 Å². The van der Waals surface area contributed by atoms with Crippen molar-refractivity contribution in [2.75, 3.05) is 5.32 Å². The summed E-state index contributed by atoms with van der Waals surface area (Å²) in [5.41, 5.74) is 0.864. The van der Waals surface area contributed by atoms with Crippen molar-refractivity contribution >= 4 is 46.2 Å². The fourth-order valence-corrected chi connectivity index (χ4v) is 3.11. The lowest BCUT2D eigenvalue weighted by molar-refractivity contribution is 0.430. The molecule has 5 heteroatoms. The molecule has 0 bridgehead atoms. The standard InChI is InChI=1S/C15H20Cl2N2S/c16-13-9-8-12(10-14(13)17)19-15(20)18-11-6-4-2-1-3-5-7-11/h8-11H,1-7H2,(H2,18,19,20). The average Bonchev–Trinajstić information content (AvgIpc) is 2.37. The van der Waals surface area contributed by atoms with Gasteiger partial charge in [0.25, 0.3) is 0 Å². The van der Waals surface area contributed by atoms with E-state index < -0.39 is 0 Å². The first-order chi connectivity index (χ1) is 9.65. The molecule has 0 atom stereocenters. The molecule has 0 aliphatic heterocycles. The van der Waals surface area contributed by atoms with Gasteiger partial charge in [-0.2, -0.15) is 0 Å². The Hall–Kier alpha value is -0.510. The van der Waals surface area contributed by atoms with Gasteiger partial charge in [0.05, 0.1) is 10.0 Å². The smallest absolute Gasteiger partial charge is 0.170 e. The van der Waals surface area contributed by atoms with Crippen LogP contribution in [0.1, 0.15) is 44.9 Å². The molecule has 0 unspecified atom stereocenters. The largest absolute Gasteiger partial charge is 0.360 e. The Morgan fingerprint density at radius 2 is 1.65 bits per heavy atom. The Balaban J connectivity index is 1.85. The first-order valence-electron chi connectivity index (χ1n) is 7.18. The average molecular weight is 331 g/mol. The number of thiocarbonyl (C=S) groups is 1. The molecule has 1 aromatic carbocycles. The number of anilines is 1. The topological polar surface area (TPSA) is 24.1 Å². The van der Waals surface area contributed by atoms with Gasteiger partial charge in [0.15, 0.2) is 5.11 Å². The van der Waals surface area contributed by atoms with Crippen molar-refractivity contribution in [3.63, 3.8) is 0 Å². The van der Waals surface area contributed by atoms with Crippen LogP contribution >= 0.6 is 35.4 Å². The van der Waals surface area contributed by atoms with Gasteiger partial charge in [0, 0.05) is 11.7 Å². The van der Waals surface area contributed by atoms with Gasteiger partial charge in [-0.15, -0.1) is 0 Å². The van der Waals surface area contributed by atoms with E-state index in [9.17, 15) is 0 Å². The summed E-state index contributed by atoms with van der Waals surface area (Å²) in [7, 11) is 0. The number of rotatable bonds is 2. The lowest BCUT2D eigenvalue weighted by atomic mass is 9.97. The third-order valence-corrected chi connectivity index (χ3v) is 4.58. The van der Waals surface area contributed by atoms with E-state index in [2.05, 4.69) is 10.6 Å². The molecule has 0 radical (unpaired) electrons. The second-order valence-corrected chi connectivity index (χ2v) is 6.49. The van der Waals surface area contributed by atoms with Crippen LogP contribution in [0.5, 0.6) is 0 Å². The lowest BCUT2D eigenvalue weighted by Gasteiger charge is -2.23. The van der Waals surface area contributed by atoms with Crippen LogP contribution in [0.15, 0.2) is 18.2 Å². The third-order valence-electron chi connectivity index (χ3n) is 3.62. The molecule has 0 heterocycles. The Labute approximate surface area is 136 Å². The summed E-state index contributed by atoms with van der Waals surface area (Å²) in [5, 5.41) is 8.33. The number of halogens is 2. The molecular formula is C15H20Cl2N2S. The Morgan fingerprint density at radius 1 is 1.00 bits per heavy atom. The Bertz CT molecular complexity index is 457. The summed E-state index contributed by atoms with van der Waals surface area (Å²) in [6.07, 6.45) is 9.02. The Morgan fingerprint density at radius 3 is 2.30 bits per heavy atom. The SMILES string of the molecule is S=C(Nc1ccc(Cl)c(Cl)c1)NC1CCCCCCC1. The fourth-order valence-electron chi connectivity index (χ4n) is 2.53. The zero-order valence-corrected chi connectivity index (χ0v) is 13.8. The molecule has 0 amide bonds. The molecule has 0 saturated heterocycles. The minimum Gasteiger partial charge on any atom is -0.360 e. The number of nitrogens with one attached hydrogen (secondary N) is 2. The van der Waals surface area contributed by atoms with E-state index >= 15 is 0 Å². The summed E-state index contributed by atoms with van der Waals surface area (Å²) < 4.78 is 0. The second kappa shape index (κ2) is 8.06. The van der Waals surface area contributed by atoms with E-state index in [1.807, 2.05) is 6.07 Å². The molecule has 1 aromatic rings. The van der Waals surface area contributed by atoms with Gasteiger partial charge in [-0.25, -0.2) is 0 Å². The van der Waals surface area contributed by atoms with E-state index in [0.29, 0.717) is 21.2 Å². The molecule has 0 aromatic heterocycles. The minimum atomic E-state index is 0.484. The summed E-state index contributed by atoms with van der Waals surface area (Å²) in [5.74, 6) is 0. The molecule has 20 heavy (non-hydrogen) atoms. The van der Waals surface area contributed by atoms with Gasteiger partial charge in [-0.1, -0.05) is 55.3 Å². The predicted molar refractivity (Wildman–Crippen MR) is 91.9 cm³/mol. The predicted octanol–water partition coefficient (Wildman–Crippen LogP) is 5.39. The molecule has 1 fully saturated rings. The number of hydrogen-bond acceptors (Lipinski definition) is 1. The third kappa shape index (κ3) is 5.12. The molecule has 2 N–H and O–H groups in total. The highest BCUT2D eigenvalue weighted by atomic mass is 35.5. The van der Waals surface area contributed by atoms with Gasteiger partial charge in [0.1, 0.15) is 0 Å². The van der Waals surface area contributed by atoms with Crippen LogP contribution in [-0.2, 0) is 0 Å². The molecule has 1 aliphatic rings. The van der Waals surface area contributed by atoms with Crippen molar-refractivity contribution < 1.29 is 0 Å². The molecule has 1 aliphatic carbocycles. The summed E-state index contributed by atoms with van der Waals surface area (Å²) >= 11 is 17.3. The van der Waals surface area contributed by atoms with E-state index in [-0.39, 0.29) is 0 Å². The van der Waals surface area contributed by atoms with E-state index in [1.54, 1.807) is 12.1 Å². The summed E-state index contributed by atoms with van der Waals surface area (Å²) in [6, 6.07) is 5.92. The van der Waals surface area contributed by atoms with Crippen LogP contribution in [0, 0.1) is 0 Å². The fraction of sp³-hybridized carbons (Fsp3) is 0.533. The van der Waals surface area contributed by atoms with Crippen molar-refractivity contribution in [3.05, 3.63) is 28.2 Å². The van der Waals surface area contributed by atoms with E-state index in [0.717, 1.165) is 5.69 Å². The van der Waals surface area contributed by atoms with Gasteiger partial charge < -0.3 is 10.6 Å². The second-order valence-electron chi connectivity index (χ2n) is 5.27. The van der Waals surface area contributed by atoms with Crippen molar-refractivity contribution in [2.24, 2.45) is 0 Å². The van der Waals surface area contributed by atoms with Crippen molar-refractivity contribution in [1.29, 1.82) is 0 Å². The van der Waals surface area contributed by atoms with Crippen molar-refractivity contribution in [1.82, 2.24) is 5.32 Å². The highest BCUT2D eigenvalue weighted by molar-refractivity contribution is 7.80. The highest BCUT2D eigenvalue weighted by Crippen LogP contribution is 2.25. The summed E-state index contributed by atoms with van der Waals surface area (Å²) in [4.78, 5) is 0. The van der Waals surface area contributed by atoms with Crippen molar-refractivity contribution in [3.8, 4) is 0 Å². The maximum Gasteiger partial charge on any atom is 0.170 e. The number of benzene rings is 1. The Kier molecular flexibility index (Phi) is 6.40. The van der Waals surface area contributed by atoms with Gasteiger partial charge in [0.2, 0.25) is 0 Å². The van der Waals surface area contributed by atoms with Crippen LogP contribution in [0.25, 0.3) is 0 Å². The zero-order chi connectivity index (χ0) is 14.4. The first kappa shape index (κ1) is 15.9. The monoisotopic (exact) mass is 330 g/mol. The van der Waals surface area contributed by atoms with Gasteiger partial charge >= 0.3 is 0 Å². The zero-order valence-electron chi connectivity index (χ0n) is 11.4. The molecule has 110 valence electrons. The van der Waals surface area contributed by atoms with Crippen molar-refractivity contribution in [2.45, 2.75) is 51.0 Å². The molecule has 2 nitrogen and oxygen atoms in total. The van der Waals surface area contributed by atoms with Gasteiger partial charge in [-0.05, 0) is 43.3 Å². The molecule has 1 saturated carbocycles. The maximum absolute atomic E-state index is 5.99. The van der Waals surface area contributed by atoms with Gasteiger partial charge in [-0.3, -0.25) is 0 Å². The molecule has 0 spiro atoms. The lowest BCUT2D eigenvalue weighted by Crippen LogP contribution is -2.38. The van der Waals surface area contributed by atoms with Crippen LogP contribution in [0.4, 0.5) is 5.69 Å². The molecule has 2 rings (SSSR count).